The molecule has 0 bridgehead atoms. The van der Waals surface area contributed by atoms with E-state index in [1.165, 1.54) is 24.0 Å². The molecule has 144 valence electrons. The number of carbonyl (C=O) groups is 1. The van der Waals surface area contributed by atoms with E-state index >= 15 is 0 Å². The second-order valence-corrected chi connectivity index (χ2v) is 6.86. The molecule has 2 aromatic rings. The molecule has 5 nitrogen and oxygen atoms in total. The molecule has 0 radical (unpaired) electrons. The van der Waals surface area contributed by atoms with Crippen LogP contribution < -0.4 is 19.5 Å². The number of benzene rings is 2. The molecule has 1 N–H and O–H groups in total. The van der Waals surface area contributed by atoms with Crippen LogP contribution in [-0.2, 0) is 17.6 Å². The Balaban J connectivity index is 1.43. The monoisotopic (exact) mass is 369 g/mol. The highest BCUT2D eigenvalue weighted by Gasteiger charge is 2.13. The lowest BCUT2D eigenvalue weighted by Crippen LogP contribution is -2.39. The van der Waals surface area contributed by atoms with E-state index in [2.05, 4.69) is 17.4 Å². The van der Waals surface area contributed by atoms with Crippen molar-refractivity contribution in [2.45, 2.75) is 38.6 Å². The van der Waals surface area contributed by atoms with Gasteiger partial charge in [-0.25, -0.2) is 0 Å². The Kier molecular flexibility index (Phi) is 6.58. The molecule has 1 aliphatic rings. The van der Waals surface area contributed by atoms with Gasteiger partial charge in [-0.1, -0.05) is 18.2 Å². The Labute approximate surface area is 160 Å². The highest BCUT2D eigenvalue weighted by molar-refractivity contribution is 5.77. The first-order chi connectivity index (χ1) is 13.2. The van der Waals surface area contributed by atoms with E-state index in [-0.39, 0.29) is 18.6 Å². The van der Waals surface area contributed by atoms with Gasteiger partial charge in [0.25, 0.3) is 5.91 Å². The number of carbonyl (C=O) groups excluding carboxylic acids is 1. The van der Waals surface area contributed by atoms with Crippen LogP contribution in [0.1, 0.15) is 30.9 Å². The zero-order valence-corrected chi connectivity index (χ0v) is 16.0. The van der Waals surface area contributed by atoms with E-state index in [1.807, 2.05) is 37.3 Å². The van der Waals surface area contributed by atoms with Crippen molar-refractivity contribution >= 4 is 5.91 Å². The van der Waals surface area contributed by atoms with Crippen molar-refractivity contribution in [3.63, 3.8) is 0 Å². The summed E-state index contributed by atoms with van der Waals surface area (Å²) in [5.74, 6) is 1.92. The molecule has 0 spiro atoms. The van der Waals surface area contributed by atoms with Gasteiger partial charge in [-0.2, -0.15) is 0 Å². The maximum absolute atomic E-state index is 12.1. The number of rotatable bonds is 8. The molecule has 1 atom stereocenters. The minimum Gasteiger partial charge on any atom is -0.493 e. The van der Waals surface area contributed by atoms with Crippen molar-refractivity contribution in [2.24, 2.45) is 0 Å². The Morgan fingerprint density at radius 2 is 1.78 bits per heavy atom. The van der Waals surface area contributed by atoms with Gasteiger partial charge in [0.2, 0.25) is 0 Å². The van der Waals surface area contributed by atoms with Gasteiger partial charge in [-0.3, -0.25) is 4.79 Å². The molecule has 27 heavy (non-hydrogen) atoms. The zero-order valence-electron chi connectivity index (χ0n) is 16.0. The van der Waals surface area contributed by atoms with Gasteiger partial charge in [0.05, 0.1) is 13.2 Å². The Morgan fingerprint density at radius 3 is 2.56 bits per heavy atom. The summed E-state index contributed by atoms with van der Waals surface area (Å²) < 4.78 is 16.6. The topological polar surface area (TPSA) is 56.8 Å². The Morgan fingerprint density at radius 1 is 1.04 bits per heavy atom. The number of fused-ring (bicyclic) bond motifs is 1. The lowest BCUT2D eigenvalue weighted by molar-refractivity contribution is -0.123. The summed E-state index contributed by atoms with van der Waals surface area (Å²) in [6.07, 6.45) is 4.71. The van der Waals surface area contributed by atoms with Crippen LogP contribution in [0.3, 0.4) is 0 Å². The predicted molar refractivity (Wildman–Crippen MR) is 105 cm³/mol. The third-order valence-corrected chi connectivity index (χ3v) is 4.66. The second kappa shape index (κ2) is 9.31. The summed E-state index contributed by atoms with van der Waals surface area (Å²) >= 11 is 0. The molecule has 0 fully saturated rings. The van der Waals surface area contributed by atoms with Gasteiger partial charge >= 0.3 is 0 Å². The Hall–Kier alpha value is -2.69. The predicted octanol–water partition coefficient (Wildman–Crippen LogP) is 3.54. The largest absolute Gasteiger partial charge is 0.493 e. The number of para-hydroxylation sites is 2. The SMILES string of the molecule is COc1ccccc1OCC(C)NC(=O)COc1ccc2c(c1)CCCC2. The molecule has 1 unspecified atom stereocenters. The molecule has 0 aromatic heterocycles. The maximum atomic E-state index is 12.1. The average molecular weight is 369 g/mol. The Bertz CT molecular complexity index is 775. The van der Waals surface area contributed by atoms with Crippen LogP contribution in [0.15, 0.2) is 42.5 Å². The van der Waals surface area contributed by atoms with E-state index < -0.39 is 0 Å². The van der Waals surface area contributed by atoms with E-state index in [0.717, 1.165) is 18.6 Å². The number of ether oxygens (including phenoxy) is 3. The average Bonchev–Trinajstić information content (AvgIpc) is 2.70. The van der Waals surface area contributed by atoms with Crippen molar-refractivity contribution < 1.29 is 19.0 Å². The normalized spacial score (nSPS) is 14.0. The molecule has 0 heterocycles. The molecule has 0 saturated heterocycles. The molecular weight excluding hydrogens is 342 g/mol. The van der Waals surface area contributed by atoms with Gasteiger partial charge in [0.15, 0.2) is 18.1 Å². The van der Waals surface area contributed by atoms with Crippen LogP contribution >= 0.6 is 0 Å². The third-order valence-electron chi connectivity index (χ3n) is 4.66. The zero-order chi connectivity index (χ0) is 19.1. The molecule has 1 amide bonds. The minimum absolute atomic E-state index is 0.00220. The van der Waals surface area contributed by atoms with Crippen LogP contribution in [0.4, 0.5) is 0 Å². The summed E-state index contributed by atoms with van der Waals surface area (Å²) in [6.45, 7) is 2.24. The van der Waals surface area contributed by atoms with Crippen molar-refractivity contribution in [1.29, 1.82) is 0 Å². The molecule has 0 aliphatic heterocycles. The number of nitrogens with one attached hydrogen (secondary N) is 1. The number of hydrogen-bond acceptors (Lipinski definition) is 4. The molecule has 2 aromatic carbocycles. The lowest BCUT2D eigenvalue weighted by Gasteiger charge is -2.18. The number of amides is 1. The highest BCUT2D eigenvalue weighted by atomic mass is 16.5. The molecule has 0 saturated carbocycles. The fourth-order valence-electron chi connectivity index (χ4n) is 3.26. The van der Waals surface area contributed by atoms with Crippen molar-refractivity contribution in [3.05, 3.63) is 53.6 Å². The number of hydrogen-bond donors (Lipinski definition) is 1. The van der Waals surface area contributed by atoms with Gasteiger partial charge < -0.3 is 19.5 Å². The number of aryl methyl sites for hydroxylation is 2. The summed E-state index contributed by atoms with van der Waals surface area (Å²) in [5, 5.41) is 2.89. The highest BCUT2D eigenvalue weighted by Crippen LogP contribution is 2.26. The van der Waals surface area contributed by atoms with E-state index in [9.17, 15) is 4.79 Å². The standard InChI is InChI=1S/C22H27NO4/c1-16(14-27-21-10-6-5-9-20(21)25-2)23-22(24)15-26-19-12-11-17-7-3-4-8-18(17)13-19/h5-6,9-13,16H,3-4,7-8,14-15H2,1-2H3,(H,23,24). The summed E-state index contributed by atoms with van der Waals surface area (Å²) in [7, 11) is 1.60. The summed E-state index contributed by atoms with van der Waals surface area (Å²) in [5.41, 5.74) is 2.75. The first-order valence-electron chi connectivity index (χ1n) is 9.45. The van der Waals surface area contributed by atoms with E-state index in [1.54, 1.807) is 7.11 Å². The van der Waals surface area contributed by atoms with E-state index in [4.69, 9.17) is 14.2 Å². The third kappa shape index (κ3) is 5.39. The van der Waals surface area contributed by atoms with Crippen molar-refractivity contribution in [1.82, 2.24) is 5.32 Å². The van der Waals surface area contributed by atoms with Gasteiger partial charge in [0, 0.05) is 0 Å². The fourth-order valence-corrected chi connectivity index (χ4v) is 3.26. The van der Waals surface area contributed by atoms with Crippen molar-refractivity contribution in [2.75, 3.05) is 20.3 Å². The quantitative estimate of drug-likeness (QED) is 0.773. The van der Waals surface area contributed by atoms with Crippen molar-refractivity contribution in [3.8, 4) is 17.2 Å². The lowest BCUT2D eigenvalue weighted by atomic mass is 9.92. The minimum atomic E-state index is -0.163. The second-order valence-electron chi connectivity index (χ2n) is 6.86. The molecule has 3 rings (SSSR count). The summed E-state index contributed by atoms with van der Waals surface area (Å²) in [6, 6.07) is 13.4. The first-order valence-corrected chi connectivity index (χ1v) is 9.45. The maximum Gasteiger partial charge on any atom is 0.258 e. The van der Waals surface area contributed by atoms with Crippen LogP contribution in [-0.4, -0.2) is 32.3 Å². The van der Waals surface area contributed by atoms with Gasteiger partial charge in [-0.15, -0.1) is 0 Å². The molecule has 1 aliphatic carbocycles. The van der Waals surface area contributed by atoms with Gasteiger partial charge in [0.1, 0.15) is 12.4 Å². The van der Waals surface area contributed by atoms with E-state index in [0.29, 0.717) is 18.1 Å². The van der Waals surface area contributed by atoms with Crippen LogP contribution in [0.5, 0.6) is 17.2 Å². The van der Waals surface area contributed by atoms with Crippen LogP contribution in [0, 0.1) is 0 Å². The number of methoxy groups -OCH3 is 1. The van der Waals surface area contributed by atoms with Crippen LogP contribution in [0.2, 0.25) is 0 Å². The smallest absolute Gasteiger partial charge is 0.258 e. The van der Waals surface area contributed by atoms with Gasteiger partial charge in [-0.05, 0) is 68.0 Å². The molecule has 5 heteroatoms. The first kappa shape index (κ1) is 19.1. The summed E-state index contributed by atoms with van der Waals surface area (Å²) in [4.78, 5) is 12.1. The molecular formula is C22H27NO4. The fraction of sp³-hybridized carbons (Fsp3) is 0.409. The van der Waals surface area contributed by atoms with Crippen LogP contribution in [0.25, 0.3) is 0 Å².